The van der Waals surface area contributed by atoms with Gasteiger partial charge in [-0.2, -0.15) is 0 Å². The minimum atomic E-state index is -2.42. The van der Waals surface area contributed by atoms with E-state index < -0.39 is 8.80 Å². The molecule has 5 nitrogen and oxygen atoms in total. The highest BCUT2D eigenvalue weighted by Gasteiger charge is 2.40. The van der Waals surface area contributed by atoms with Gasteiger partial charge in [0.1, 0.15) is 0 Å². The smallest absolute Gasteiger partial charge is 0.376 e. The largest absolute Gasteiger partial charge is 0.514 e. The molecule has 1 aliphatic heterocycles. The average Bonchev–Trinajstić information content (AvgIpc) is 2.29. The number of hydrogen-bond donors (Lipinski definition) is 0. The van der Waals surface area contributed by atoms with Gasteiger partial charge in [0.2, 0.25) is 0 Å². The number of piperazine rings is 1. The molecule has 0 aromatic heterocycles. The molecule has 15 heavy (non-hydrogen) atoms. The van der Waals surface area contributed by atoms with Crippen LogP contribution in [0, 0.1) is 0 Å². The normalized spacial score (nSPS) is 20.8. The third kappa shape index (κ3) is 3.51. The van der Waals surface area contributed by atoms with Gasteiger partial charge in [-0.15, -0.1) is 0 Å². The molecule has 6 heteroatoms. The first-order valence-electron chi connectivity index (χ1n) is 5.22. The molecule has 0 aromatic rings. The predicted molar refractivity (Wildman–Crippen MR) is 60.7 cm³/mol. The first kappa shape index (κ1) is 13.1. The molecule has 0 bridgehead atoms. The van der Waals surface area contributed by atoms with Gasteiger partial charge in [-0.05, 0) is 7.05 Å². The van der Waals surface area contributed by atoms with Crippen molar-refractivity contribution in [3.63, 3.8) is 0 Å². The van der Waals surface area contributed by atoms with Gasteiger partial charge in [-0.25, -0.2) is 0 Å². The van der Waals surface area contributed by atoms with Crippen LogP contribution in [0.3, 0.4) is 0 Å². The Labute approximate surface area is 93.3 Å². The first-order chi connectivity index (χ1) is 7.15. The van der Waals surface area contributed by atoms with Gasteiger partial charge >= 0.3 is 8.80 Å². The summed E-state index contributed by atoms with van der Waals surface area (Å²) in [6.45, 7) is 4.31. The van der Waals surface area contributed by atoms with Crippen LogP contribution in [0.4, 0.5) is 0 Å². The van der Waals surface area contributed by atoms with E-state index in [1.54, 1.807) is 21.3 Å². The van der Waals surface area contributed by atoms with Crippen molar-refractivity contribution in [1.82, 2.24) is 9.80 Å². The van der Waals surface area contributed by atoms with Crippen LogP contribution in [-0.4, -0.2) is 79.3 Å². The second-order valence-corrected chi connectivity index (χ2v) is 6.78. The van der Waals surface area contributed by atoms with Gasteiger partial charge in [-0.1, -0.05) is 0 Å². The van der Waals surface area contributed by atoms with Crippen molar-refractivity contribution < 1.29 is 13.3 Å². The molecule has 1 fully saturated rings. The van der Waals surface area contributed by atoms with Gasteiger partial charge in [0.05, 0.1) is 6.17 Å². The summed E-state index contributed by atoms with van der Waals surface area (Å²) >= 11 is 0. The summed E-state index contributed by atoms with van der Waals surface area (Å²) in [6.07, 6.45) is 0.782. The van der Waals surface area contributed by atoms with E-state index in [1.807, 2.05) is 0 Å². The molecule has 0 aromatic carbocycles. The van der Waals surface area contributed by atoms with Crippen molar-refractivity contribution in [3.05, 3.63) is 0 Å². The highest BCUT2D eigenvalue weighted by molar-refractivity contribution is 6.60. The number of likely N-dealkylation sites (N-methyl/N-ethyl adjacent to an activating group) is 1. The summed E-state index contributed by atoms with van der Waals surface area (Å²) < 4.78 is 16.2. The van der Waals surface area contributed by atoms with E-state index in [1.165, 1.54) is 0 Å². The molecule has 1 heterocycles. The van der Waals surface area contributed by atoms with Gasteiger partial charge in [0, 0.05) is 47.5 Å². The Balaban J connectivity index is 2.44. The highest BCUT2D eigenvalue weighted by Crippen LogP contribution is 2.10. The van der Waals surface area contributed by atoms with E-state index >= 15 is 0 Å². The molecule has 1 saturated heterocycles. The van der Waals surface area contributed by atoms with Gasteiger partial charge in [-0.3, -0.25) is 4.90 Å². The second-order valence-electron chi connectivity index (χ2n) is 3.87. The lowest BCUT2D eigenvalue weighted by Crippen LogP contribution is -2.57. The number of rotatable bonds is 5. The summed E-state index contributed by atoms with van der Waals surface area (Å²) in [5.41, 5.74) is 0. The molecule has 0 N–H and O–H groups in total. The SMILES string of the molecule is CO[Si](CN1CCN(C)CC1)(OC)OC. The molecular weight excluding hydrogens is 212 g/mol. The lowest BCUT2D eigenvalue weighted by Gasteiger charge is -2.36. The zero-order valence-corrected chi connectivity index (χ0v) is 11.2. The molecule has 0 unspecified atom stereocenters. The van der Waals surface area contributed by atoms with Crippen LogP contribution < -0.4 is 0 Å². The van der Waals surface area contributed by atoms with Crippen molar-refractivity contribution in [3.8, 4) is 0 Å². The molecule has 0 amide bonds. The van der Waals surface area contributed by atoms with Crippen molar-refractivity contribution in [2.24, 2.45) is 0 Å². The van der Waals surface area contributed by atoms with E-state index in [4.69, 9.17) is 13.3 Å². The molecule has 0 aliphatic carbocycles. The van der Waals surface area contributed by atoms with Crippen molar-refractivity contribution in [2.45, 2.75) is 0 Å². The van der Waals surface area contributed by atoms with Crippen LogP contribution in [0.1, 0.15) is 0 Å². The first-order valence-corrected chi connectivity index (χ1v) is 7.15. The van der Waals surface area contributed by atoms with Gasteiger partial charge in [0.25, 0.3) is 0 Å². The third-order valence-electron chi connectivity index (χ3n) is 2.95. The van der Waals surface area contributed by atoms with Crippen LogP contribution in [0.2, 0.25) is 0 Å². The van der Waals surface area contributed by atoms with E-state index in [0.717, 1.165) is 32.3 Å². The lowest BCUT2D eigenvalue weighted by atomic mass is 10.4. The van der Waals surface area contributed by atoms with Crippen molar-refractivity contribution >= 4 is 8.80 Å². The summed E-state index contributed by atoms with van der Waals surface area (Å²) in [7, 11) is 4.71. The van der Waals surface area contributed by atoms with Crippen LogP contribution in [-0.2, 0) is 13.3 Å². The van der Waals surface area contributed by atoms with Crippen molar-refractivity contribution in [1.29, 1.82) is 0 Å². The molecule has 1 rings (SSSR count). The maximum Gasteiger partial charge on any atom is 0.514 e. The Kier molecular flexibility index (Phi) is 5.17. The number of nitrogens with zero attached hydrogens (tertiary/aromatic N) is 2. The van der Waals surface area contributed by atoms with Crippen LogP contribution in [0.25, 0.3) is 0 Å². The maximum absolute atomic E-state index is 5.41. The van der Waals surface area contributed by atoms with Gasteiger partial charge < -0.3 is 18.2 Å². The molecule has 1 aliphatic rings. The molecule has 0 atom stereocenters. The Bertz CT molecular complexity index is 174. The molecular formula is C9H22N2O3Si. The highest BCUT2D eigenvalue weighted by atomic mass is 28.4. The monoisotopic (exact) mass is 234 g/mol. The fourth-order valence-corrected chi connectivity index (χ4v) is 3.47. The Morgan fingerprint density at radius 1 is 0.933 bits per heavy atom. The zero-order chi connectivity index (χ0) is 11.3. The predicted octanol–water partition coefficient (Wildman–Crippen LogP) is -0.349. The van der Waals surface area contributed by atoms with Crippen LogP contribution in [0.5, 0.6) is 0 Å². The van der Waals surface area contributed by atoms with E-state index in [-0.39, 0.29) is 0 Å². The van der Waals surface area contributed by atoms with E-state index in [0.29, 0.717) is 0 Å². The molecule has 0 radical (unpaired) electrons. The topological polar surface area (TPSA) is 34.2 Å². The van der Waals surface area contributed by atoms with Crippen LogP contribution in [0.15, 0.2) is 0 Å². The number of hydrogen-bond acceptors (Lipinski definition) is 5. The van der Waals surface area contributed by atoms with Crippen molar-refractivity contribution in [2.75, 3.05) is 60.7 Å². The third-order valence-corrected chi connectivity index (χ3v) is 5.65. The quantitative estimate of drug-likeness (QED) is 0.608. The molecule has 0 spiro atoms. The van der Waals surface area contributed by atoms with Gasteiger partial charge in [0.15, 0.2) is 0 Å². The summed E-state index contributed by atoms with van der Waals surface area (Å²) in [5.74, 6) is 0. The van der Waals surface area contributed by atoms with E-state index in [9.17, 15) is 0 Å². The summed E-state index contributed by atoms with van der Waals surface area (Å²) in [5, 5.41) is 0. The van der Waals surface area contributed by atoms with E-state index in [2.05, 4.69) is 16.8 Å². The second kappa shape index (κ2) is 5.93. The maximum atomic E-state index is 5.41. The molecule has 90 valence electrons. The minimum absolute atomic E-state index is 0.782. The summed E-state index contributed by atoms with van der Waals surface area (Å²) in [6, 6.07) is 0. The minimum Gasteiger partial charge on any atom is -0.376 e. The summed E-state index contributed by atoms with van der Waals surface area (Å²) in [4.78, 5) is 4.68. The Morgan fingerprint density at radius 3 is 1.80 bits per heavy atom. The zero-order valence-electron chi connectivity index (χ0n) is 10.2. The Hall–Kier alpha value is 0.0169. The fraction of sp³-hybridized carbons (Fsp3) is 1.00. The lowest BCUT2D eigenvalue weighted by molar-refractivity contribution is 0.0877. The fourth-order valence-electron chi connectivity index (χ4n) is 1.72. The Morgan fingerprint density at radius 2 is 1.40 bits per heavy atom. The standard InChI is InChI=1S/C9H22N2O3Si/c1-10-5-7-11(8-6-10)9-15(12-2,13-3)14-4/h5-9H2,1-4H3. The molecule has 0 saturated carbocycles. The average molecular weight is 234 g/mol. The van der Waals surface area contributed by atoms with Crippen LogP contribution >= 0.6 is 0 Å².